The molecule has 0 radical (unpaired) electrons. The quantitative estimate of drug-likeness (QED) is 0.863. The Labute approximate surface area is 141 Å². The van der Waals surface area contributed by atoms with Crippen molar-refractivity contribution in [1.82, 2.24) is 9.97 Å². The van der Waals surface area contributed by atoms with Crippen molar-refractivity contribution < 1.29 is 9.47 Å². The number of ether oxygens (including phenoxy) is 2. The minimum atomic E-state index is 0.508. The smallest absolute Gasteiger partial charge is 0.166 e. The number of nitrogens with one attached hydrogen (secondary N) is 1. The maximum atomic E-state index is 6.22. The number of aromatic nitrogens is 2. The predicted octanol–water partition coefficient (Wildman–Crippen LogP) is 3.77. The molecule has 0 saturated carbocycles. The van der Waals surface area contributed by atoms with Gasteiger partial charge in [0.1, 0.15) is 16.8 Å². The number of halogens is 1. The van der Waals surface area contributed by atoms with Crippen molar-refractivity contribution >= 4 is 17.4 Å². The Balaban J connectivity index is 1.84. The topological polar surface area (TPSA) is 56.3 Å². The van der Waals surface area contributed by atoms with Crippen LogP contribution >= 0.6 is 11.6 Å². The van der Waals surface area contributed by atoms with E-state index >= 15 is 0 Å². The SMILES string of the molecule is CCc1c(Cl)nc(C)nc1NCc1cccc2c1OCCCO2. The molecule has 1 aliphatic rings. The molecular formula is C17H20ClN3O2. The zero-order valence-corrected chi connectivity index (χ0v) is 14.1. The number of para-hydroxylation sites is 1. The molecule has 2 aromatic rings. The van der Waals surface area contributed by atoms with E-state index in [1.165, 1.54) is 0 Å². The van der Waals surface area contributed by atoms with Crippen molar-refractivity contribution in [1.29, 1.82) is 0 Å². The molecule has 5 nitrogen and oxygen atoms in total. The van der Waals surface area contributed by atoms with Crippen LogP contribution in [-0.4, -0.2) is 23.2 Å². The average Bonchev–Trinajstić information content (AvgIpc) is 2.78. The fraction of sp³-hybridized carbons (Fsp3) is 0.412. The van der Waals surface area contributed by atoms with E-state index < -0.39 is 0 Å². The highest BCUT2D eigenvalue weighted by Gasteiger charge is 2.15. The second-order valence-corrected chi connectivity index (χ2v) is 5.75. The molecule has 0 atom stereocenters. The molecule has 1 aromatic carbocycles. The first-order chi connectivity index (χ1) is 11.2. The van der Waals surface area contributed by atoms with Gasteiger partial charge in [-0.2, -0.15) is 0 Å². The number of hydrogen-bond acceptors (Lipinski definition) is 5. The van der Waals surface area contributed by atoms with Crippen LogP contribution in [0.25, 0.3) is 0 Å². The van der Waals surface area contributed by atoms with Gasteiger partial charge < -0.3 is 14.8 Å². The molecule has 2 heterocycles. The molecule has 6 heteroatoms. The zero-order valence-electron chi connectivity index (χ0n) is 13.4. The first-order valence-corrected chi connectivity index (χ1v) is 8.21. The number of rotatable bonds is 4. The van der Waals surface area contributed by atoms with Crippen LogP contribution in [0.2, 0.25) is 5.15 Å². The summed E-state index contributed by atoms with van der Waals surface area (Å²) < 4.78 is 11.6. The summed E-state index contributed by atoms with van der Waals surface area (Å²) in [6.45, 7) is 5.82. The van der Waals surface area contributed by atoms with Crippen molar-refractivity contribution in [2.75, 3.05) is 18.5 Å². The van der Waals surface area contributed by atoms with Gasteiger partial charge in [-0.25, -0.2) is 9.97 Å². The van der Waals surface area contributed by atoms with E-state index in [4.69, 9.17) is 21.1 Å². The molecule has 23 heavy (non-hydrogen) atoms. The van der Waals surface area contributed by atoms with Gasteiger partial charge in [-0.1, -0.05) is 30.7 Å². The molecule has 1 aliphatic heterocycles. The highest BCUT2D eigenvalue weighted by molar-refractivity contribution is 6.30. The molecule has 0 saturated heterocycles. The van der Waals surface area contributed by atoms with E-state index in [1.807, 2.05) is 32.0 Å². The Bertz CT molecular complexity index is 706. The monoisotopic (exact) mass is 333 g/mol. The van der Waals surface area contributed by atoms with Crippen LogP contribution in [0.3, 0.4) is 0 Å². The van der Waals surface area contributed by atoms with Gasteiger partial charge in [-0.05, 0) is 19.4 Å². The molecular weight excluding hydrogens is 314 g/mol. The van der Waals surface area contributed by atoms with E-state index in [0.29, 0.717) is 30.7 Å². The highest BCUT2D eigenvalue weighted by Crippen LogP contribution is 2.34. The van der Waals surface area contributed by atoms with E-state index in [-0.39, 0.29) is 0 Å². The second kappa shape index (κ2) is 7.04. The third-order valence-electron chi connectivity index (χ3n) is 3.72. The van der Waals surface area contributed by atoms with Gasteiger partial charge in [0.05, 0.1) is 13.2 Å². The Hall–Kier alpha value is -2.01. The van der Waals surface area contributed by atoms with Crippen molar-refractivity contribution in [3.8, 4) is 11.5 Å². The third-order valence-corrected chi connectivity index (χ3v) is 4.03. The summed E-state index contributed by atoms with van der Waals surface area (Å²) >= 11 is 6.22. The Kier molecular flexibility index (Phi) is 4.86. The molecule has 0 aliphatic carbocycles. The van der Waals surface area contributed by atoms with Crippen LogP contribution in [0.15, 0.2) is 18.2 Å². The van der Waals surface area contributed by atoms with Crippen molar-refractivity contribution in [2.45, 2.75) is 33.2 Å². The molecule has 1 aromatic heterocycles. The number of nitrogens with zero attached hydrogens (tertiary/aromatic N) is 2. The third kappa shape index (κ3) is 3.50. The fourth-order valence-electron chi connectivity index (χ4n) is 2.59. The molecule has 0 amide bonds. The summed E-state index contributed by atoms with van der Waals surface area (Å²) in [6.07, 6.45) is 1.66. The van der Waals surface area contributed by atoms with Gasteiger partial charge in [0, 0.05) is 24.1 Å². The molecule has 0 fully saturated rings. The van der Waals surface area contributed by atoms with Crippen LogP contribution < -0.4 is 14.8 Å². The van der Waals surface area contributed by atoms with Gasteiger partial charge in [0.15, 0.2) is 11.5 Å². The first kappa shape index (κ1) is 15.9. The van der Waals surface area contributed by atoms with Crippen LogP contribution in [-0.2, 0) is 13.0 Å². The van der Waals surface area contributed by atoms with Gasteiger partial charge in [-0.3, -0.25) is 0 Å². The lowest BCUT2D eigenvalue weighted by atomic mass is 10.1. The summed E-state index contributed by atoms with van der Waals surface area (Å²) in [4.78, 5) is 8.68. The highest BCUT2D eigenvalue weighted by atomic mass is 35.5. The number of hydrogen-bond donors (Lipinski definition) is 1. The van der Waals surface area contributed by atoms with Crippen LogP contribution in [0, 0.1) is 6.92 Å². The standard InChI is InChI=1S/C17H20ClN3O2/c1-3-13-16(18)20-11(2)21-17(13)19-10-12-6-4-7-14-15(12)23-9-5-8-22-14/h4,6-7H,3,5,8-10H2,1-2H3,(H,19,20,21). The average molecular weight is 334 g/mol. The van der Waals surface area contributed by atoms with Crippen molar-refractivity contribution in [3.63, 3.8) is 0 Å². The molecule has 3 rings (SSSR count). The van der Waals surface area contributed by atoms with E-state index in [9.17, 15) is 0 Å². The van der Waals surface area contributed by atoms with Gasteiger partial charge in [0.25, 0.3) is 0 Å². The molecule has 122 valence electrons. The van der Waals surface area contributed by atoms with Crippen molar-refractivity contribution in [2.24, 2.45) is 0 Å². The van der Waals surface area contributed by atoms with Gasteiger partial charge in [0.2, 0.25) is 0 Å². The minimum Gasteiger partial charge on any atom is -0.490 e. The number of aryl methyl sites for hydroxylation is 1. The maximum Gasteiger partial charge on any atom is 0.166 e. The second-order valence-electron chi connectivity index (χ2n) is 5.39. The molecule has 0 unspecified atom stereocenters. The Morgan fingerprint density at radius 3 is 2.87 bits per heavy atom. The molecule has 0 bridgehead atoms. The van der Waals surface area contributed by atoms with Crippen molar-refractivity contribution in [3.05, 3.63) is 40.3 Å². The summed E-state index contributed by atoms with van der Waals surface area (Å²) in [6, 6.07) is 5.94. The zero-order chi connectivity index (χ0) is 16.2. The van der Waals surface area contributed by atoms with E-state index in [2.05, 4.69) is 15.3 Å². The Morgan fingerprint density at radius 1 is 1.22 bits per heavy atom. The fourth-order valence-corrected chi connectivity index (χ4v) is 2.94. The normalized spacial score (nSPS) is 13.5. The summed E-state index contributed by atoms with van der Waals surface area (Å²) in [5, 5.41) is 3.87. The Morgan fingerprint density at radius 2 is 2.04 bits per heavy atom. The summed E-state index contributed by atoms with van der Waals surface area (Å²) in [5.41, 5.74) is 1.97. The lowest BCUT2D eigenvalue weighted by molar-refractivity contribution is 0.296. The van der Waals surface area contributed by atoms with Gasteiger partial charge >= 0.3 is 0 Å². The summed E-state index contributed by atoms with van der Waals surface area (Å²) in [5.74, 6) is 3.04. The molecule has 1 N–H and O–H groups in total. The largest absolute Gasteiger partial charge is 0.490 e. The van der Waals surface area contributed by atoms with E-state index in [1.54, 1.807) is 0 Å². The number of anilines is 1. The predicted molar refractivity (Wildman–Crippen MR) is 90.5 cm³/mol. The number of benzene rings is 1. The lowest BCUT2D eigenvalue weighted by Crippen LogP contribution is -2.08. The first-order valence-electron chi connectivity index (χ1n) is 7.83. The lowest BCUT2D eigenvalue weighted by Gasteiger charge is -2.15. The van der Waals surface area contributed by atoms with E-state index in [0.717, 1.165) is 41.3 Å². The van der Waals surface area contributed by atoms with Crippen LogP contribution in [0.5, 0.6) is 11.5 Å². The van der Waals surface area contributed by atoms with Crippen LogP contribution in [0.1, 0.15) is 30.3 Å². The summed E-state index contributed by atoms with van der Waals surface area (Å²) in [7, 11) is 0. The number of fused-ring (bicyclic) bond motifs is 1. The maximum absolute atomic E-state index is 6.22. The van der Waals surface area contributed by atoms with Gasteiger partial charge in [-0.15, -0.1) is 0 Å². The minimum absolute atomic E-state index is 0.508. The van der Waals surface area contributed by atoms with Crippen LogP contribution in [0.4, 0.5) is 5.82 Å². The molecule has 0 spiro atoms.